The molecule has 32 heavy (non-hydrogen) atoms. The number of benzene rings is 1. The minimum atomic E-state index is -3.72. The van der Waals surface area contributed by atoms with Crippen LogP contribution in [0.2, 0.25) is 0 Å². The van der Waals surface area contributed by atoms with Gasteiger partial charge in [-0.15, -0.1) is 0 Å². The zero-order valence-electron chi connectivity index (χ0n) is 18.3. The van der Waals surface area contributed by atoms with Crippen LogP contribution >= 0.6 is 0 Å². The Kier molecular flexibility index (Phi) is 6.53. The number of aromatic nitrogens is 2. The summed E-state index contributed by atoms with van der Waals surface area (Å²) in [6.07, 6.45) is 5.99. The van der Waals surface area contributed by atoms with Crippen LogP contribution in [0.3, 0.4) is 0 Å². The highest BCUT2D eigenvalue weighted by molar-refractivity contribution is 7.89. The summed E-state index contributed by atoms with van der Waals surface area (Å²) >= 11 is 0. The maximum absolute atomic E-state index is 13.2. The fraction of sp³-hybridized carbons (Fsp3) is 0.524. The molecular formula is C21H29N5O4S2. The normalized spacial score (nSPS) is 23.9. The van der Waals surface area contributed by atoms with E-state index in [4.69, 9.17) is 0 Å². The Hall–Kier alpha value is -2.08. The number of anilines is 1. The Bertz CT molecular complexity index is 1120. The van der Waals surface area contributed by atoms with Gasteiger partial charge in [0.1, 0.15) is 0 Å². The van der Waals surface area contributed by atoms with Gasteiger partial charge in [-0.2, -0.15) is 8.61 Å². The second-order valence-electron chi connectivity index (χ2n) is 8.38. The summed E-state index contributed by atoms with van der Waals surface area (Å²) < 4.78 is 55.6. The molecule has 11 heteroatoms. The first kappa shape index (κ1) is 23.1. The number of rotatable bonds is 5. The molecule has 0 spiro atoms. The SMILES string of the molecule is C[C@H]1CCC[C@H](C)N1S(=O)(=O)c1ccc(S(=O)(=O)N2CCN(c3ncccn3)CC2)cc1. The first-order valence-corrected chi connectivity index (χ1v) is 13.7. The molecule has 2 aliphatic rings. The Morgan fingerprint density at radius 2 is 1.28 bits per heavy atom. The summed E-state index contributed by atoms with van der Waals surface area (Å²) in [5, 5.41) is 0. The van der Waals surface area contributed by atoms with E-state index >= 15 is 0 Å². The van der Waals surface area contributed by atoms with Gasteiger partial charge >= 0.3 is 0 Å². The van der Waals surface area contributed by atoms with E-state index in [1.165, 1.54) is 28.6 Å². The van der Waals surface area contributed by atoms with Crippen LogP contribution in [-0.2, 0) is 20.0 Å². The van der Waals surface area contributed by atoms with Crippen LogP contribution in [0.4, 0.5) is 5.95 Å². The summed E-state index contributed by atoms with van der Waals surface area (Å²) in [4.78, 5) is 10.6. The fourth-order valence-corrected chi connectivity index (χ4v) is 7.81. The summed E-state index contributed by atoms with van der Waals surface area (Å²) in [6, 6.07) is 7.20. The predicted molar refractivity (Wildman–Crippen MR) is 121 cm³/mol. The van der Waals surface area contributed by atoms with E-state index in [-0.39, 0.29) is 21.9 Å². The van der Waals surface area contributed by atoms with Crippen molar-refractivity contribution >= 4 is 26.0 Å². The van der Waals surface area contributed by atoms with E-state index < -0.39 is 20.0 Å². The van der Waals surface area contributed by atoms with E-state index in [0.717, 1.165) is 19.3 Å². The second-order valence-corrected chi connectivity index (χ2v) is 12.2. The number of nitrogens with zero attached hydrogens (tertiary/aromatic N) is 5. The van der Waals surface area contributed by atoms with Crippen molar-refractivity contribution in [2.24, 2.45) is 0 Å². The molecule has 3 heterocycles. The first-order valence-electron chi connectivity index (χ1n) is 10.9. The third kappa shape index (κ3) is 4.39. The molecule has 9 nitrogen and oxygen atoms in total. The summed E-state index contributed by atoms with van der Waals surface area (Å²) in [7, 11) is -7.40. The van der Waals surface area contributed by atoms with E-state index in [0.29, 0.717) is 32.1 Å². The van der Waals surface area contributed by atoms with Crippen LogP contribution < -0.4 is 4.90 Å². The lowest BCUT2D eigenvalue weighted by Crippen LogP contribution is -2.49. The van der Waals surface area contributed by atoms with Crippen molar-refractivity contribution in [3.63, 3.8) is 0 Å². The van der Waals surface area contributed by atoms with Gasteiger partial charge in [-0.3, -0.25) is 0 Å². The van der Waals surface area contributed by atoms with Crippen LogP contribution in [0.5, 0.6) is 0 Å². The van der Waals surface area contributed by atoms with Crippen molar-refractivity contribution in [2.75, 3.05) is 31.1 Å². The lowest BCUT2D eigenvalue weighted by atomic mass is 10.0. The monoisotopic (exact) mass is 479 g/mol. The van der Waals surface area contributed by atoms with Gasteiger partial charge in [0, 0.05) is 50.7 Å². The van der Waals surface area contributed by atoms with Crippen LogP contribution in [0, 0.1) is 0 Å². The largest absolute Gasteiger partial charge is 0.338 e. The maximum Gasteiger partial charge on any atom is 0.243 e. The molecule has 2 aromatic rings. The molecule has 0 unspecified atom stereocenters. The maximum atomic E-state index is 13.2. The number of piperidine rings is 1. The minimum Gasteiger partial charge on any atom is -0.338 e. The van der Waals surface area contributed by atoms with Crippen molar-refractivity contribution in [1.29, 1.82) is 0 Å². The zero-order chi connectivity index (χ0) is 22.9. The molecule has 2 fully saturated rings. The van der Waals surface area contributed by atoms with Crippen molar-refractivity contribution < 1.29 is 16.8 Å². The van der Waals surface area contributed by atoms with Crippen LogP contribution in [0.1, 0.15) is 33.1 Å². The lowest BCUT2D eigenvalue weighted by Gasteiger charge is -2.37. The van der Waals surface area contributed by atoms with E-state index in [2.05, 4.69) is 9.97 Å². The highest BCUT2D eigenvalue weighted by Gasteiger charge is 2.36. The van der Waals surface area contributed by atoms with E-state index in [9.17, 15) is 16.8 Å². The molecule has 4 rings (SSSR count). The van der Waals surface area contributed by atoms with Gasteiger partial charge in [0.05, 0.1) is 9.79 Å². The molecule has 0 N–H and O–H groups in total. The third-order valence-corrected chi connectivity index (χ3v) is 10.3. The number of piperazine rings is 1. The Labute approximate surface area is 190 Å². The molecule has 2 atom stereocenters. The van der Waals surface area contributed by atoms with E-state index in [1.54, 1.807) is 22.8 Å². The van der Waals surface area contributed by atoms with Gasteiger partial charge in [-0.25, -0.2) is 26.8 Å². The molecule has 174 valence electrons. The molecule has 2 aliphatic heterocycles. The van der Waals surface area contributed by atoms with Crippen molar-refractivity contribution in [3.8, 4) is 0 Å². The Morgan fingerprint density at radius 3 is 1.81 bits per heavy atom. The summed E-state index contributed by atoms with van der Waals surface area (Å²) in [5.74, 6) is 0.584. The van der Waals surface area contributed by atoms with Crippen molar-refractivity contribution in [1.82, 2.24) is 18.6 Å². The van der Waals surface area contributed by atoms with Gasteiger partial charge in [-0.05, 0) is 57.0 Å². The molecule has 0 aliphatic carbocycles. The van der Waals surface area contributed by atoms with Crippen LogP contribution in [0.25, 0.3) is 0 Å². The van der Waals surface area contributed by atoms with Gasteiger partial charge < -0.3 is 4.90 Å². The number of hydrogen-bond donors (Lipinski definition) is 0. The molecule has 0 bridgehead atoms. The summed E-state index contributed by atoms with van der Waals surface area (Å²) in [5.41, 5.74) is 0. The van der Waals surface area contributed by atoms with Crippen LogP contribution in [-0.4, -0.2) is 73.7 Å². The summed E-state index contributed by atoms with van der Waals surface area (Å²) in [6.45, 7) is 5.44. The smallest absolute Gasteiger partial charge is 0.243 e. The number of hydrogen-bond acceptors (Lipinski definition) is 7. The average Bonchev–Trinajstić information content (AvgIpc) is 2.79. The van der Waals surface area contributed by atoms with Gasteiger partial charge in [0.25, 0.3) is 0 Å². The quantitative estimate of drug-likeness (QED) is 0.645. The Morgan fingerprint density at radius 1 is 0.781 bits per heavy atom. The Balaban J connectivity index is 1.49. The first-order chi connectivity index (χ1) is 15.2. The van der Waals surface area contributed by atoms with Crippen molar-refractivity contribution in [3.05, 3.63) is 42.7 Å². The lowest BCUT2D eigenvalue weighted by molar-refractivity contribution is 0.204. The molecule has 2 saturated heterocycles. The van der Waals surface area contributed by atoms with Crippen molar-refractivity contribution in [2.45, 2.75) is 55.0 Å². The molecular weight excluding hydrogens is 450 g/mol. The molecule has 0 amide bonds. The molecule has 0 radical (unpaired) electrons. The van der Waals surface area contributed by atoms with E-state index in [1.807, 2.05) is 18.7 Å². The minimum absolute atomic E-state index is 0.0722. The highest BCUT2D eigenvalue weighted by Crippen LogP contribution is 2.30. The molecule has 1 aromatic heterocycles. The third-order valence-electron chi connectivity index (χ3n) is 6.22. The van der Waals surface area contributed by atoms with Gasteiger partial charge in [-0.1, -0.05) is 6.42 Å². The average molecular weight is 480 g/mol. The predicted octanol–water partition coefficient (Wildman–Crippen LogP) is 1.94. The highest BCUT2D eigenvalue weighted by atomic mass is 32.2. The second kappa shape index (κ2) is 9.05. The zero-order valence-corrected chi connectivity index (χ0v) is 20.0. The van der Waals surface area contributed by atoms with Crippen LogP contribution in [0.15, 0.2) is 52.5 Å². The standard InChI is InChI=1S/C21H29N5O4S2/c1-17-5-3-6-18(2)26(17)32(29,30)20-9-7-19(8-10-20)31(27,28)25-15-13-24(14-16-25)21-22-11-4-12-23-21/h4,7-12,17-18H,3,5-6,13-16H2,1-2H3/t17-,18-/m0/s1. The fourth-order valence-electron chi connectivity index (χ4n) is 4.51. The molecule has 0 saturated carbocycles. The van der Waals surface area contributed by atoms with Gasteiger partial charge in [0.15, 0.2) is 0 Å². The topological polar surface area (TPSA) is 104 Å². The molecule has 1 aromatic carbocycles. The number of sulfonamides is 2. The van der Waals surface area contributed by atoms with Gasteiger partial charge in [0.2, 0.25) is 26.0 Å².